The highest BCUT2D eigenvalue weighted by Crippen LogP contribution is 2.05. The summed E-state index contributed by atoms with van der Waals surface area (Å²) in [4.78, 5) is 16.2. The number of thioether (sulfide) groups is 1. The number of amides is 1. The Morgan fingerprint density at radius 1 is 1.09 bits per heavy atom. The third-order valence-corrected chi connectivity index (χ3v) is 3.53. The van der Waals surface area contributed by atoms with Crippen molar-refractivity contribution >= 4 is 23.6 Å². The summed E-state index contributed by atoms with van der Waals surface area (Å²) >= 11 is 1.80. The van der Waals surface area contributed by atoms with Crippen LogP contribution in [0.1, 0.15) is 29.8 Å². The van der Waals surface area contributed by atoms with Crippen LogP contribution in [0.25, 0.3) is 0 Å². The molecule has 3 N–H and O–H groups in total. The lowest BCUT2D eigenvalue weighted by Gasteiger charge is -2.10. The smallest absolute Gasteiger partial charge is 0.251 e. The van der Waals surface area contributed by atoms with Crippen molar-refractivity contribution in [2.45, 2.75) is 20.4 Å². The van der Waals surface area contributed by atoms with E-state index in [2.05, 4.69) is 27.2 Å². The third-order valence-electron chi connectivity index (χ3n) is 2.92. The molecule has 6 heteroatoms. The zero-order chi connectivity index (χ0) is 16.2. The van der Waals surface area contributed by atoms with E-state index in [-0.39, 0.29) is 5.91 Å². The maximum absolute atomic E-state index is 11.7. The Morgan fingerprint density at radius 2 is 1.77 bits per heavy atom. The minimum Gasteiger partial charge on any atom is -0.357 e. The molecule has 0 radical (unpaired) electrons. The Balaban J connectivity index is 2.59. The molecular weight excluding hydrogens is 296 g/mol. The van der Waals surface area contributed by atoms with Gasteiger partial charge in [-0.3, -0.25) is 4.79 Å². The second kappa shape index (κ2) is 11.0. The van der Waals surface area contributed by atoms with E-state index in [4.69, 9.17) is 0 Å². The number of hydrogen-bond acceptors (Lipinski definition) is 3. The number of guanidine groups is 1. The molecule has 0 aliphatic heterocycles. The molecule has 0 fully saturated rings. The van der Waals surface area contributed by atoms with Gasteiger partial charge in [-0.1, -0.05) is 12.1 Å². The van der Waals surface area contributed by atoms with E-state index >= 15 is 0 Å². The number of nitrogens with zero attached hydrogens (tertiary/aromatic N) is 1. The SMILES string of the molecule is CCNC(=O)c1ccc(CN=C(NCC)NCCSC)cc1. The van der Waals surface area contributed by atoms with E-state index in [9.17, 15) is 4.79 Å². The Morgan fingerprint density at radius 3 is 2.36 bits per heavy atom. The summed E-state index contributed by atoms with van der Waals surface area (Å²) in [6, 6.07) is 7.56. The van der Waals surface area contributed by atoms with Crippen LogP contribution in [0.15, 0.2) is 29.3 Å². The molecule has 0 spiro atoms. The van der Waals surface area contributed by atoms with E-state index in [0.29, 0.717) is 18.7 Å². The molecule has 1 rings (SSSR count). The van der Waals surface area contributed by atoms with Gasteiger partial charge in [0.05, 0.1) is 6.54 Å². The van der Waals surface area contributed by atoms with Crippen molar-refractivity contribution in [1.29, 1.82) is 0 Å². The fraction of sp³-hybridized carbons (Fsp3) is 0.500. The van der Waals surface area contributed by atoms with Gasteiger partial charge in [0.25, 0.3) is 5.91 Å². The number of carbonyl (C=O) groups excluding carboxylic acids is 1. The second-order valence-corrected chi connectivity index (χ2v) is 5.66. The van der Waals surface area contributed by atoms with Crippen LogP contribution in [0, 0.1) is 0 Å². The summed E-state index contributed by atoms with van der Waals surface area (Å²) in [6.45, 7) is 6.91. The van der Waals surface area contributed by atoms with Gasteiger partial charge in [-0.2, -0.15) is 11.8 Å². The summed E-state index contributed by atoms with van der Waals surface area (Å²) in [5.74, 6) is 1.83. The first-order chi connectivity index (χ1) is 10.7. The molecule has 0 atom stereocenters. The Labute approximate surface area is 137 Å². The van der Waals surface area contributed by atoms with Gasteiger partial charge < -0.3 is 16.0 Å². The van der Waals surface area contributed by atoms with Crippen LogP contribution in [0.3, 0.4) is 0 Å². The van der Waals surface area contributed by atoms with Crippen LogP contribution in [-0.2, 0) is 6.54 Å². The van der Waals surface area contributed by atoms with E-state index < -0.39 is 0 Å². The summed E-state index contributed by atoms with van der Waals surface area (Å²) < 4.78 is 0. The van der Waals surface area contributed by atoms with Crippen molar-refractivity contribution in [2.75, 3.05) is 31.6 Å². The van der Waals surface area contributed by atoms with E-state index in [0.717, 1.165) is 30.4 Å². The molecule has 22 heavy (non-hydrogen) atoms. The minimum absolute atomic E-state index is 0.0374. The summed E-state index contributed by atoms with van der Waals surface area (Å²) in [5, 5.41) is 9.30. The molecule has 0 bridgehead atoms. The first kappa shape index (κ1) is 18.4. The molecule has 0 saturated heterocycles. The predicted octanol–water partition coefficient (Wildman–Crippen LogP) is 1.85. The van der Waals surface area contributed by atoms with Gasteiger partial charge in [0.2, 0.25) is 0 Å². The van der Waals surface area contributed by atoms with Crippen molar-refractivity contribution in [2.24, 2.45) is 4.99 Å². The molecule has 0 aliphatic carbocycles. The zero-order valence-electron chi connectivity index (χ0n) is 13.6. The zero-order valence-corrected chi connectivity index (χ0v) is 14.4. The van der Waals surface area contributed by atoms with Gasteiger partial charge >= 0.3 is 0 Å². The lowest BCUT2D eigenvalue weighted by Crippen LogP contribution is -2.38. The number of aliphatic imine (C=N–C) groups is 1. The monoisotopic (exact) mass is 322 g/mol. The van der Waals surface area contributed by atoms with Gasteiger partial charge in [-0.25, -0.2) is 4.99 Å². The molecule has 0 aliphatic rings. The van der Waals surface area contributed by atoms with Crippen LogP contribution < -0.4 is 16.0 Å². The van der Waals surface area contributed by atoms with E-state index in [1.54, 1.807) is 11.8 Å². The van der Waals surface area contributed by atoms with Gasteiger partial charge in [-0.15, -0.1) is 0 Å². The molecule has 1 aromatic rings. The average molecular weight is 322 g/mol. The van der Waals surface area contributed by atoms with Crippen LogP contribution in [0.4, 0.5) is 0 Å². The van der Waals surface area contributed by atoms with Crippen LogP contribution >= 0.6 is 11.8 Å². The average Bonchev–Trinajstić information content (AvgIpc) is 2.53. The normalized spacial score (nSPS) is 11.1. The maximum Gasteiger partial charge on any atom is 0.251 e. The van der Waals surface area contributed by atoms with E-state index in [1.165, 1.54) is 0 Å². The molecule has 0 aromatic heterocycles. The lowest BCUT2D eigenvalue weighted by atomic mass is 10.1. The Hall–Kier alpha value is -1.69. The summed E-state index contributed by atoms with van der Waals surface area (Å²) in [5.41, 5.74) is 1.76. The van der Waals surface area contributed by atoms with Gasteiger partial charge in [-0.05, 0) is 37.8 Å². The summed E-state index contributed by atoms with van der Waals surface area (Å²) in [7, 11) is 0. The Bertz CT molecular complexity index is 474. The molecule has 1 aromatic carbocycles. The molecule has 0 heterocycles. The highest BCUT2D eigenvalue weighted by atomic mass is 32.2. The van der Waals surface area contributed by atoms with Crippen LogP contribution in [0.5, 0.6) is 0 Å². The number of nitrogens with one attached hydrogen (secondary N) is 3. The highest BCUT2D eigenvalue weighted by molar-refractivity contribution is 7.98. The van der Waals surface area contributed by atoms with Gasteiger partial charge in [0, 0.05) is 31.0 Å². The third kappa shape index (κ3) is 6.85. The molecule has 122 valence electrons. The maximum atomic E-state index is 11.7. The Kier molecular flexibility index (Phi) is 9.14. The highest BCUT2D eigenvalue weighted by Gasteiger charge is 2.03. The van der Waals surface area contributed by atoms with Crippen molar-refractivity contribution in [3.8, 4) is 0 Å². The van der Waals surface area contributed by atoms with Gasteiger partial charge in [0.1, 0.15) is 0 Å². The second-order valence-electron chi connectivity index (χ2n) is 4.67. The first-order valence-corrected chi connectivity index (χ1v) is 8.98. The standard InChI is InChI=1S/C16H26N4OS/c1-4-17-15(21)14-8-6-13(7-9-14)12-20-16(18-5-2)19-10-11-22-3/h6-9H,4-5,10-12H2,1-3H3,(H,17,21)(H2,18,19,20). The molecular formula is C16H26N4OS. The van der Waals surface area contributed by atoms with Crippen molar-refractivity contribution in [3.63, 3.8) is 0 Å². The fourth-order valence-electron chi connectivity index (χ4n) is 1.81. The minimum atomic E-state index is -0.0374. The van der Waals surface area contributed by atoms with Crippen molar-refractivity contribution in [1.82, 2.24) is 16.0 Å². The number of hydrogen-bond donors (Lipinski definition) is 3. The summed E-state index contributed by atoms with van der Waals surface area (Å²) in [6.07, 6.45) is 2.09. The van der Waals surface area contributed by atoms with Gasteiger partial charge in [0.15, 0.2) is 5.96 Å². The largest absolute Gasteiger partial charge is 0.357 e. The number of rotatable bonds is 8. The topological polar surface area (TPSA) is 65.5 Å². The first-order valence-electron chi connectivity index (χ1n) is 7.59. The van der Waals surface area contributed by atoms with Crippen LogP contribution in [0.2, 0.25) is 0 Å². The molecule has 0 saturated carbocycles. The fourth-order valence-corrected chi connectivity index (χ4v) is 2.11. The predicted molar refractivity (Wildman–Crippen MR) is 95.6 cm³/mol. The number of carbonyl (C=O) groups is 1. The molecule has 0 unspecified atom stereocenters. The molecule has 5 nitrogen and oxygen atoms in total. The van der Waals surface area contributed by atoms with Crippen molar-refractivity contribution in [3.05, 3.63) is 35.4 Å². The number of benzene rings is 1. The molecule has 1 amide bonds. The van der Waals surface area contributed by atoms with E-state index in [1.807, 2.05) is 38.1 Å². The van der Waals surface area contributed by atoms with Crippen molar-refractivity contribution < 1.29 is 4.79 Å². The quantitative estimate of drug-likeness (QED) is 0.388. The lowest BCUT2D eigenvalue weighted by molar-refractivity contribution is 0.0956. The van der Waals surface area contributed by atoms with Crippen LogP contribution in [-0.4, -0.2) is 43.5 Å².